The fourth-order valence-electron chi connectivity index (χ4n) is 0.959. The van der Waals surface area contributed by atoms with E-state index in [1.54, 1.807) is 17.9 Å². The smallest absolute Gasteiger partial charge is 0.377 e. The average Bonchev–Trinajstić information content (AvgIpc) is 2.70. The van der Waals surface area contributed by atoms with Crippen LogP contribution < -0.4 is 0 Å². The minimum absolute atomic E-state index is 0.149. The number of hydrogen-bond donors (Lipinski definition) is 1. The molecule has 0 aliphatic heterocycles. The molecule has 0 atom stereocenters. The molecule has 0 fully saturated rings. The fourth-order valence-corrected chi connectivity index (χ4v) is 0.959. The highest BCUT2D eigenvalue weighted by molar-refractivity contribution is 5.83. The molecule has 0 aromatic carbocycles. The maximum absolute atomic E-state index is 10.4. The summed E-state index contributed by atoms with van der Waals surface area (Å²) in [5.74, 6) is -1.43. The molecule has 0 radical (unpaired) electrons. The Morgan fingerprint density at radius 3 is 2.93 bits per heavy atom. The van der Waals surface area contributed by atoms with Crippen LogP contribution in [-0.4, -0.2) is 31.0 Å². The number of aromatic nitrogens is 4. The van der Waals surface area contributed by atoms with E-state index >= 15 is 0 Å². The number of carboxylic acids is 1. The third-order valence-electron chi connectivity index (χ3n) is 1.57. The zero-order valence-electron chi connectivity index (χ0n) is 7.21. The van der Waals surface area contributed by atoms with Gasteiger partial charge in [-0.1, -0.05) is 0 Å². The first-order valence-corrected chi connectivity index (χ1v) is 3.73. The van der Waals surface area contributed by atoms with Gasteiger partial charge < -0.3 is 9.63 Å². The largest absolute Gasteiger partial charge is 0.475 e. The minimum Gasteiger partial charge on any atom is -0.475 e. The predicted octanol–water partition coefficient (Wildman–Crippen LogP) is 0.168. The zero-order valence-corrected chi connectivity index (χ0v) is 7.21. The average molecular weight is 194 g/mol. The molecule has 0 unspecified atom stereocenters. The molecule has 2 aromatic heterocycles. The molecule has 0 spiro atoms. The van der Waals surface area contributed by atoms with Gasteiger partial charge in [0.1, 0.15) is 0 Å². The van der Waals surface area contributed by atoms with Crippen molar-refractivity contribution in [3.05, 3.63) is 18.2 Å². The van der Waals surface area contributed by atoms with E-state index in [2.05, 4.69) is 15.2 Å². The minimum atomic E-state index is -1.22. The number of aryl methyl sites for hydroxylation is 1. The molecule has 7 heteroatoms. The van der Waals surface area contributed by atoms with Gasteiger partial charge in [-0.2, -0.15) is 10.1 Å². The van der Waals surface area contributed by atoms with Gasteiger partial charge in [-0.15, -0.1) is 0 Å². The van der Waals surface area contributed by atoms with Gasteiger partial charge in [0.2, 0.25) is 0 Å². The number of aromatic carboxylic acids is 1. The van der Waals surface area contributed by atoms with E-state index in [1.807, 2.05) is 0 Å². The predicted molar refractivity (Wildman–Crippen MR) is 43.5 cm³/mol. The fraction of sp³-hybridized carbons (Fsp3) is 0.143. The molecule has 2 aromatic rings. The standard InChI is InChI=1S/C7H6N4O3/c1-11-3-4(2-8-11)6-9-5(7(12)13)10-14-6/h2-3H,1H3,(H,12,13). The van der Waals surface area contributed by atoms with Crippen molar-refractivity contribution in [2.45, 2.75) is 0 Å². The first-order chi connectivity index (χ1) is 6.66. The van der Waals surface area contributed by atoms with Crippen molar-refractivity contribution in [2.24, 2.45) is 7.05 Å². The Morgan fingerprint density at radius 2 is 2.43 bits per heavy atom. The van der Waals surface area contributed by atoms with Crippen molar-refractivity contribution in [3.63, 3.8) is 0 Å². The van der Waals surface area contributed by atoms with Gasteiger partial charge in [-0.05, 0) is 5.16 Å². The first-order valence-electron chi connectivity index (χ1n) is 3.73. The van der Waals surface area contributed by atoms with Crippen LogP contribution >= 0.6 is 0 Å². The summed E-state index contributed by atoms with van der Waals surface area (Å²) in [4.78, 5) is 14.1. The Balaban J connectivity index is 2.38. The van der Waals surface area contributed by atoms with Crippen molar-refractivity contribution in [1.29, 1.82) is 0 Å². The lowest BCUT2D eigenvalue weighted by Gasteiger charge is -1.83. The number of carbonyl (C=O) groups is 1. The Kier molecular flexibility index (Phi) is 1.77. The van der Waals surface area contributed by atoms with E-state index in [-0.39, 0.29) is 11.7 Å². The molecule has 7 nitrogen and oxygen atoms in total. The van der Waals surface area contributed by atoms with E-state index in [4.69, 9.17) is 9.63 Å². The highest BCUT2D eigenvalue weighted by atomic mass is 16.5. The van der Waals surface area contributed by atoms with Gasteiger partial charge in [0.25, 0.3) is 11.7 Å². The second-order valence-electron chi connectivity index (χ2n) is 2.63. The summed E-state index contributed by atoms with van der Waals surface area (Å²) in [7, 11) is 1.73. The van der Waals surface area contributed by atoms with Gasteiger partial charge in [-0.25, -0.2) is 4.79 Å². The van der Waals surface area contributed by atoms with Crippen LogP contribution in [0.15, 0.2) is 16.9 Å². The molecule has 72 valence electrons. The summed E-state index contributed by atoms with van der Waals surface area (Å²) < 4.78 is 6.29. The van der Waals surface area contributed by atoms with Crippen LogP contribution in [0, 0.1) is 0 Å². The molecule has 0 aliphatic rings. The molecule has 0 saturated heterocycles. The highest BCUT2D eigenvalue weighted by Gasteiger charge is 2.14. The Labute approximate surface area is 78.0 Å². The molecule has 0 bridgehead atoms. The molecule has 0 saturated carbocycles. The summed E-state index contributed by atoms with van der Waals surface area (Å²) in [6, 6.07) is 0. The molecule has 2 heterocycles. The normalized spacial score (nSPS) is 10.4. The van der Waals surface area contributed by atoms with Crippen LogP contribution in [0.5, 0.6) is 0 Å². The monoisotopic (exact) mass is 194 g/mol. The third kappa shape index (κ3) is 1.35. The van der Waals surface area contributed by atoms with Crippen molar-refractivity contribution in [3.8, 4) is 11.5 Å². The van der Waals surface area contributed by atoms with E-state index in [0.29, 0.717) is 5.56 Å². The first kappa shape index (κ1) is 8.42. The number of nitrogens with zero attached hydrogens (tertiary/aromatic N) is 4. The summed E-state index contributed by atoms with van der Waals surface area (Å²) in [6.45, 7) is 0. The summed E-state index contributed by atoms with van der Waals surface area (Å²) in [5.41, 5.74) is 0.590. The zero-order chi connectivity index (χ0) is 10.1. The van der Waals surface area contributed by atoms with Crippen molar-refractivity contribution < 1.29 is 14.4 Å². The second-order valence-corrected chi connectivity index (χ2v) is 2.63. The lowest BCUT2D eigenvalue weighted by molar-refractivity contribution is 0.0680. The number of hydrogen-bond acceptors (Lipinski definition) is 5. The SMILES string of the molecule is Cn1cc(-c2nc(C(=O)O)no2)cn1. The summed E-state index contributed by atoms with van der Waals surface area (Å²) >= 11 is 0. The lowest BCUT2D eigenvalue weighted by Crippen LogP contribution is -1.98. The van der Waals surface area contributed by atoms with Gasteiger partial charge in [-0.3, -0.25) is 4.68 Å². The van der Waals surface area contributed by atoms with Crippen LogP contribution in [0.3, 0.4) is 0 Å². The molecular weight excluding hydrogens is 188 g/mol. The van der Waals surface area contributed by atoms with Crippen LogP contribution in [0.4, 0.5) is 0 Å². The van der Waals surface area contributed by atoms with Crippen molar-refractivity contribution in [1.82, 2.24) is 19.9 Å². The molecular formula is C7H6N4O3. The Morgan fingerprint density at radius 1 is 1.64 bits per heavy atom. The molecule has 1 N–H and O–H groups in total. The van der Waals surface area contributed by atoms with E-state index < -0.39 is 5.97 Å². The second kappa shape index (κ2) is 2.95. The van der Waals surface area contributed by atoms with Crippen LogP contribution in [0.25, 0.3) is 11.5 Å². The highest BCUT2D eigenvalue weighted by Crippen LogP contribution is 2.14. The van der Waals surface area contributed by atoms with Gasteiger partial charge in [0.15, 0.2) is 0 Å². The lowest BCUT2D eigenvalue weighted by atomic mass is 10.4. The maximum Gasteiger partial charge on any atom is 0.377 e. The maximum atomic E-state index is 10.4. The van der Waals surface area contributed by atoms with Crippen molar-refractivity contribution >= 4 is 5.97 Å². The molecule has 14 heavy (non-hydrogen) atoms. The van der Waals surface area contributed by atoms with Gasteiger partial charge in [0.05, 0.1) is 11.8 Å². The summed E-state index contributed by atoms with van der Waals surface area (Å²) in [6.07, 6.45) is 3.16. The molecule has 0 aliphatic carbocycles. The molecule has 0 amide bonds. The van der Waals surface area contributed by atoms with Gasteiger partial charge in [0, 0.05) is 13.2 Å². The van der Waals surface area contributed by atoms with Crippen LogP contribution in [0.2, 0.25) is 0 Å². The molecule has 2 rings (SSSR count). The van der Waals surface area contributed by atoms with Gasteiger partial charge >= 0.3 is 5.97 Å². The Hall–Kier alpha value is -2.18. The van der Waals surface area contributed by atoms with Crippen LogP contribution in [0.1, 0.15) is 10.6 Å². The topological polar surface area (TPSA) is 94.0 Å². The van der Waals surface area contributed by atoms with E-state index in [9.17, 15) is 4.79 Å². The Bertz CT molecular complexity index is 473. The van der Waals surface area contributed by atoms with E-state index in [1.165, 1.54) is 6.20 Å². The number of carboxylic acid groups (broad SMARTS) is 1. The van der Waals surface area contributed by atoms with E-state index in [0.717, 1.165) is 0 Å². The third-order valence-corrected chi connectivity index (χ3v) is 1.57. The van der Waals surface area contributed by atoms with Crippen LogP contribution in [-0.2, 0) is 7.05 Å². The summed E-state index contributed by atoms with van der Waals surface area (Å²) in [5, 5.41) is 15.7. The number of rotatable bonds is 2. The quantitative estimate of drug-likeness (QED) is 0.732. The van der Waals surface area contributed by atoms with Crippen molar-refractivity contribution in [2.75, 3.05) is 0 Å².